The summed E-state index contributed by atoms with van der Waals surface area (Å²) >= 11 is 0. The number of amides is 2. The second kappa shape index (κ2) is 7.96. The molecule has 4 N–H and O–H groups in total. The lowest BCUT2D eigenvalue weighted by molar-refractivity contribution is -0.352. The minimum atomic E-state index is -3.59. The maximum Gasteiger partial charge on any atom is 0.262 e. The first kappa shape index (κ1) is 25.5. The third-order valence-corrected chi connectivity index (χ3v) is 6.43. The third-order valence-electron chi connectivity index (χ3n) is 6.43. The largest absolute Gasteiger partial charge is 0.382 e. The summed E-state index contributed by atoms with van der Waals surface area (Å²) < 4.78 is 5.21. The Labute approximate surface area is 192 Å². The van der Waals surface area contributed by atoms with Crippen molar-refractivity contribution in [2.75, 3.05) is 0 Å². The van der Waals surface area contributed by atoms with Gasteiger partial charge in [0.1, 0.15) is 18.2 Å². The molecule has 34 heavy (non-hydrogen) atoms. The molecule has 1 aromatic carbocycles. The van der Waals surface area contributed by atoms with E-state index in [2.05, 4.69) is 0 Å². The Kier molecular flexibility index (Phi) is 5.96. The lowest BCUT2D eigenvalue weighted by atomic mass is 9.63. The molecule has 0 radical (unpaired) electrons. The topological polar surface area (TPSA) is 196 Å². The highest BCUT2D eigenvalue weighted by Gasteiger charge is 2.78. The zero-order valence-corrected chi connectivity index (χ0v) is 18.6. The fourth-order valence-electron chi connectivity index (χ4n) is 4.57. The minimum Gasteiger partial charge on any atom is -0.382 e. The zero-order valence-electron chi connectivity index (χ0n) is 18.6. The number of carbonyl (C=O) groups excluding carboxylic acids is 6. The SMILES string of the molecule is CC(=O)C(O)[C@H]1O[C@@](O)(C(C)=O)[C@@H](N2C(=O)c3ccccc3C2=O)[C@](O)(C(C)=O)[C@]1(O)C(C)=O. The lowest BCUT2D eigenvalue weighted by Crippen LogP contribution is -2.87. The van der Waals surface area contributed by atoms with Crippen LogP contribution in [0.3, 0.4) is 0 Å². The molecule has 0 spiro atoms. The molecule has 3 rings (SSSR count). The third kappa shape index (κ3) is 3.03. The molecule has 6 atom stereocenters. The molecule has 1 aromatic rings. The molecule has 2 aliphatic heterocycles. The van der Waals surface area contributed by atoms with E-state index >= 15 is 0 Å². The van der Waals surface area contributed by atoms with Gasteiger partial charge in [0.15, 0.2) is 34.3 Å². The van der Waals surface area contributed by atoms with Crippen molar-refractivity contribution in [1.82, 2.24) is 4.90 Å². The van der Waals surface area contributed by atoms with Gasteiger partial charge in [-0.15, -0.1) is 0 Å². The second-order valence-electron chi connectivity index (χ2n) is 8.42. The number of aliphatic hydroxyl groups excluding tert-OH is 1. The number of aliphatic hydroxyl groups is 4. The number of fused-ring (bicyclic) bond motifs is 1. The van der Waals surface area contributed by atoms with E-state index in [-0.39, 0.29) is 16.0 Å². The van der Waals surface area contributed by atoms with Crippen LogP contribution in [0.5, 0.6) is 0 Å². The van der Waals surface area contributed by atoms with E-state index in [0.29, 0.717) is 13.8 Å². The predicted molar refractivity (Wildman–Crippen MR) is 109 cm³/mol. The number of ether oxygens (including phenoxy) is 1. The number of carbonyl (C=O) groups is 6. The van der Waals surface area contributed by atoms with Gasteiger partial charge in [-0.1, -0.05) is 12.1 Å². The molecule has 1 saturated heterocycles. The van der Waals surface area contributed by atoms with Crippen LogP contribution in [0.15, 0.2) is 24.3 Å². The Hall–Kier alpha value is -3.16. The predicted octanol–water partition coefficient (Wildman–Crippen LogP) is -2.08. The molecule has 12 heteroatoms. The molecule has 2 aliphatic rings. The van der Waals surface area contributed by atoms with Gasteiger partial charge in [-0.2, -0.15) is 0 Å². The van der Waals surface area contributed by atoms with Crippen molar-refractivity contribution >= 4 is 34.9 Å². The van der Waals surface area contributed by atoms with E-state index in [1.54, 1.807) is 0 Å². The van der Waals surface area contributed by atoms with Crippen molar-refractivity contribution < 1.29 is 53.9 Å². The van der Waals surface area contributed by atoms with Crippen molar-refractivity contribution in [1.29, 1.82) is 0 Å². The van der Waals surface area contributed by atoms with Crippen LogP contribution in [0, 0.1) is 0 Å². The van der Waals surface area contributed by atoms with E-state index < -0.39 is 70.2 Å². The Morgan fingerprint density at radius 1 is 0.853 bits per heavy atom. The number of hydrogen-bond acceptors (Lipinski definition) is 11. The summed E-state index contributed by atoms with van der Waals surface area (Å²) in [6.45, 7) is 2.91. The van der Waals surface area contributed by atoms with E-state index in [1.807, 2.05) is 0 Å². The highest BCUT2D eigenvalue weighted by molar-refractivity contribution is 6.22. The lowest BCUT2D eigenvalue weighted by Gasteiger charge is -2.58. The average Bonchev–Trinajstić information content (AvgIpc) is 3.00. The van der Waals surface area contributed by atoms with Crippen LogP contribution in [-0.2, 0) is 23.9 Å². The van der Waals surface area contributed by atoms with Crippen molar-refractivity contribution in [3.8, 4) is 0 Å². The summed E-state index contributed by atoms with van der Waals surface area (Å²) in [6.07, 6.45) is -4.94. The number of ketones is 4. The molecular weight excluding hydrogens is 454 g/mol. The summed E-state index contributed by atoms with van der Waals surface area (Å²) in [5.74, 6) is -11.1. The van der Waals surface area contributed by atoms with E-state index in [9.17, 15) is 49.2 Å². The van der Waals surface area contributed by atoms with Gasteiger partial charge in [-0.25, -0.2) is 0 Å². The number of rotatable bonds is 6. The second-order valence-corrected chi connectivity index (χ2v) is 8.42. The molecule has 0 saturated carbocycles. The van der Waals surface area contributed by atoms with E-state index in [0.717, 1.165) is 13.8 Å². The highest BCUT2D eigenvalue weighted by Crippen LogP contribution is 2.48. The molecule has 12 nitrogen and oxygen atoms in total. The summed E-state index contributed by atoms with van der Waals surface area (Å²) in [5.41, 5.74) is -7.49. The van der Waals surface area contributed by atoms with E-state index in [1.165, 1.54) is 24.3 Å². The molecule has 0 aromatic heterocycles. The smallest absolute Gasteiger partial charge is 0.262 e. The first-order valence-corrected chi connectivity index (χ1v) is 10.1. The van der Waals surface area contributed by atoms with Gasteiger partial charge in [-0.05, 0) is 32.9 Å². The molecule has 0 aliphatic carbocycles. The molecule has 2 amide bonds. The molecule has 2 heterocycles. The van der Waals surface area contributed by atoms with Crippen LogP contribution in [0.4, 0.5) is 0 Å². The van der Waals surface area contributed by atoms with Crippen molar-refractivity contribution in [3.05, 3.63) is 35.4 Å². The van der Waals surface area contributed by atoms with Crippen molar-refractivity contribution in [3.63, 3.8) is 0 Å². The Morgan fingerprint density at radius 3 is 1.65 bits per heavy atom. The van der Waals surface area contributed by atoms with Crippen LogP contribution in [0.2, 0.25) is 0 Å². The monoisotopic (exact) mass is 477 g/mol. The number of benzene rings is 1. The first-order valence-electron chi connectivity index (χ1n) is 10.1. The minimum absolute atomic E-state index is 0.164. The van der Waals surface area contributed by atoms with Crippen LogP contribution in [-0.4, -0.2) is 95.5 Å². The summed E-state index contributed by atoms with van der Waals surface area (Å²) in [4.78, 5) is 76.6. The van der Waals surface area contributed by atoms with Crippen LogP contribution in [0.1, 0.15) is 48.4 Å². The van der Waals surface area contributed by atoms with Gasteiger partial charge in [0.05, 0.1) is 11.1 Å². The van der Waals surface area contributed by atoms with Gasteiger partial charge >= 0.3 is 0 Å². The van der Waals surface area contributed by atoms with Gasteiger partial charge in [0.2, 0.25) is 0 Å². The average molecular weight is 477 g/mol. The van der Waals surface area contributed by atoms with Crippen LogP contribution in [0.25, 0.3) is 0 Å². The van der Waals surface area contributed by atoms with E-state index in [4.69, 9.17) is 4.74 Å². The molecule has 0 bridgehead atoms. The maximum absolute atomic E-state index is 13.2. The number of hydrogen-bond donors (Lipinski definition) is 4. The van der Waals surface area contributed by atoms with Gasteiger partial charge < -0.3 is 25.2 Å². The normalized spacial score (nSPS) is 33.9. The summed E-state index contributed by atoms with van der Waals surface area (Å²) in [6, 6.07) is 2.61. The van der Waals surface area contributed by atoms with Crippen molar-refractivity contribution in [2.45, 2.75) is 62.9 Å². The summed E-state index contributed by atoms with van der Waals surface area (Å²) in [5, 5.41) is 44.8. The van der Waals surface area contributed by atoms with Crippen LogP contribution < -0.4 is 0 Å². The quantitative estimate of drug-likeness (QED) is 0.328. The number of Topliss-reactive ketones (excluding diaryl/α,β-unsaturated/α-hetero) is 4. The maximum atomic E-state index is 13.2. The number of nitrogens with zero attached hydrogens (tertiary/aromatic N) is 1. The fraction of sp³-hybridized carbons (Fsp3) is 0.455. The highest BCUT2D eigenvalue weighted by atomic mass is 16.7. The van der Waals surface area contributed by atoms with Gasteiger partial charge in [-0.3, -0.25) is 33.7 Å². The molecule has 1 unspecified atom stereocenters. The molecule has 1 fully saturated rings. The summed E-state index contributed by atoms with van der Waals surface area (Å²) in [7, 11) is 0. The Morgan fingerprint density at radius 2 is 1.29 bits per heavy atom. The Balaban J connectivity index is 2.40. The first-order chi connectivity index (χ1) is 15.6. The Bertz CT molecular complexity index is 1110. The fourth-order valence-corrected chi connectivity index (χ4v) is 4.57. The molecule has 182 valence electrons. The van der Waals surface area contributed by atoms with Crippen molar-refractivity contribution in [2.24, 2.45) is 0 Å². The number of imide groups is 1. The van der Waals surface area contributed by atoms with Crippen LogP contribution >= 0.6 is 0 Å². The van der Waals surface area contributed by atoms with Gasteiger partial charge in [0, 0.05) is 6.92 Å². The van der Waals surface area contributed by atoms with Gasteiger partial charge in [0.25, 0.3) is 17.6 Å². The molecular formula is C22H23NO11. The standard InChI is InChI=1S/C22H23NO11/c1-9(24)15(28)16-20(31,10(2)25)21(32,11(3)26)19(22(33,34-16)12(4)27)23-17(29)13-7-5-6-8-14(13)18(23)30/h5-8,15-16,19,28,31-33H,1-4H3/t15?,16-,19+,20+,21-,22+/m1/s1. The zero-order chi connectivity index (χ0) is 26.0.